The van der Waals surface area contributed by atoms with Gasteiger partial charge in [0.05, 0.1) is 20.6 Å². The first-order valence-electron chi connectivity index (χ1n) is 6.18. The SMILES string of the molecule is C=C(CCC[N+](C)(C)Cc1ccccc1)C(=O)O. The van der Waals surface area contributed by atoms with E-state index >= 15 is 0 Å². The van der Waals surface area contributed by atoms with Gasteiger partial charge in [0.15, 0.2) is 0 Å². The lowest BCUT2D eigenvalue weighted by molar-refractivity contribution is -0.903. The maximum atomic E-state index is 10.6. The quantitative estimate of drug-likeness (QED) is 0.595. The van der Waals surface area contributed by atoms with Gasteiger partial charge in [0.25, 0.3) is 0 Å². The molecule has 0 saturated carbocycles. The van der Waals surface area contributed by atoms with Crippen LogP contribution in [0.3, 0.4) is 0 Å². The summed E-state index contributed by atoms with van der Waals surface area (Å²) in [6, 6.07) is 10.3. The summed E-state index contributed by atoms with van der Waals surface area (Å²) in [4.78, 5) is 10.6. The van der Waals surface area contributed by atoms with Gasteiger partial charge in [-0.15, -0.1) is 0 Å². The Morgan fingerprint density at radius 1 is 1.28 bits per heavy atom. The number of rotatable bonds is 7. The van der Waals surface area contributed by atoms with Crippen molar-refractivity contribution in [2.45, 2.75) is 19.4 Å². The Kier molecular flexibility index (Phi) is 5.10. The molecular formula is C15H22NO2+. The van der Waals surface area contributed by atoms with Crippen LogP contribution in [0.2, 0.25) is 0 Å². The van der Waals surface area contributed by atoms with Crippen molar-refractivity contribution < 1.29 is 14.4 Å². The fourth-order valence-electron chi connectivity index (χ4n) is 1.98. The van der Waals surface area contributed by atoms with Crippen LogP contribution < -0.4 is 0 Å². The van der Waals surface area contributed by atoms with Crippen LogP contribution in [0.5, 0.6) is 0 Å². The molecule has 0 fully saturated rings. The molecule has 0 aliphatic heterocycles. The maximum absolute atomic E-state index is 10.6. The van der Waals surface area contributed by atoms with Crippen molar-refractivity contribution in [3.8, 4) is 0 Å². The molecule has 1 N–H and O–H groups in total. The number of carbonyl (C=O) groups is 1. The summed E-state index contributed by atoms with van der Waals surface area (Å²) < 4.78 is 0.858. The molecule has 0 heterocycles. The van der Waals surface area contributed by atoms with Gasteiger partial charge in [0.2, 0.25) is 0 Å². The second kappa shape index (κ2) is 6.36. The lowest BCUT2D eigenvalue weighted by atomic mass is 10.1. The average molecular weight is 248 g/mol. The first kappa shape index (κ1) is 14.5. The van der Waals surface area contributed by atoms with E-state index in [1.165, 1.54) is 5.56 Å². The zero-order chi connectivity index (χ0) is 13.6. The Balaban J connectivity index is 2.40. The van der Waals surface area contributed by atoms with Crippen LogP contribution in [0, 0.1) is 0 Å². The minimum Gasteiger partial charge on any atom is -0.478 e. The highest BCUT2D eigenvalue weighted by atomic mass is 16.4. The van der Waals surface area contributed by atoms with Gasteiger partial charge in [-0.2, -0.15) is 0 Å². The normalized spacial score (nSPS) is 11.2. The Labute approximate surface area is 109 Å². The van der Waals surface area contributed by atoms with E-state index in [0.29, 0.717) is 12.0 Å². The number of hydrogen-bond acceptors (Lipinski definition) is 1. The molecule has 18 heavy (non-hydrogen) atoms. The molecular weight excluding hydrogens is 226 g/mol. The first-order valence-corrected chi connectivity index (χ1v) is 6.18. The summed E-state index contributed by atoms with van der Waals surface area (Å²) in [5.41, 5.74) is 1.61. The van der Waals surface area contributed by atoms with Gasteiger partial charge in [-0.1, -0.05) is 36.9 Å². The Hall–Kier alpha value is -1.61. The van der Waals surface area contributed by atoms with Crippen LogP contribution in [-0.4, -0.2) is 36.2 Å². The zero-order valence-corrected chi connectivity index (χ0v) is 11.2. The number of aliphatic carboxylic acids is 1. The van der Waals surface area contributed by atoms with E-state index in [4.69, 9.17) is 5.11 Å². The van der Waals surface area contributed by atoms with Gasteiger partial charge in [-0.3, -0.25) is 0 Å². The minimum atomic E-state index is -0.886. The predicted octanol–water partition coefficient (Wildman–Crippen LogP) is 2.68. The van der Waals surface area contributed by atoms with E-state index in [1.807, 2.05) is 18.2 Å². The minimum absolute atomic E-state index is 0.301. The number of hydrogen-bond donors (Lipinski definition) is 1. The molecule has 0 spiro atoms. The van der Waals surface area contributed by atoms with Crippen molar-refractivity contribution in [1.82, 2.24) is 0 Å². The molecule has 0 amide bonds. The zero-order valence-electron chi connectivity index (χ0n) is 11.2. The topological polar surface area (TPSA) is 37.3 Å². The average Bonchev–Trinajstić information content (AvgIpc) is 2.29. The van der Waals surface area contributed by atoms with Crippen LogP contribution in [-0.2, 0) is 11.3 Å². The highest BCUT2D eigenvalue weighted by Gasteiger charge is 2.16. The second-order valence-electron chi connectivity index (χ2n) is 5.32. The second-order valence-corrected chi connectivity index (χ2v) is 5.32. The van der Waals surface area contributed by atoms with E-state index in [2.05, 4.69) is 32.8 Å². The monoisotopic (exact) mass is 248 g/mol. The molecule has 0 aliphatic rings. The van der Waals surface area contributed by atoms with Gasteiger partial charge >= 0.3 is 5.97 Å². The van der Waals surface area contributed by atoms with Crippen LogP contribution in [0.4, 0.5) is 0 Å². The lowest BCUT2D eigenvalue weighted by Gasteiger charge is -2.30. The first-order chi connectivity index (χ1) is 8.41. The summed E-state index contributed by atoms with van der Waals surface area (Å²) in [5.74, 6) is -0.886. The Morgan fingerprint density at radius 2 is 1.89 bits per heavy atom. The largest absolute Gasteiger partial charge is 0.478 e. The fraction of sp³-hybridized carbons (Fsp3) is 0.400. The van der Waals surface area contributed by atoms with E-state index in [9.17, 15) is 4.79 Å². The van der Waals surface area contributed by atoms with Crippen molar-refractivity contribution >= 4 is 5.97 Å². The smallest absolute Gasteiger partial charge is 0.330 e. The highest BCUT2D eigenvalue weighted by Crippen LogP contribution is 2.12. The molecule has 0 bridgehead atoms. The molecule has 0 atom stereocenters. The van der Waals surface area contributed by atoms with Crippen LogP contribution >= 0.6 is 0 Å². The van der Waals surface area contributed by atoms with E-state index in [-0.39, 0.29) is 0 Å². The standard InChI is InChI=1S/C15H21NO2/c1-13(15(17)18)8-7-11-16(2,3)12-14-9-5-4-6-10-14/h4-6,9-10H,1,7-8,11-12H2,2-3H3/p+1. The molecule has 0 unspecified atom stereocenters. The predicted molar refractivity (Wildman–Crippen MR) is 73.1 cm³/mol. The third-order valence-corrected chi connectivity index (χ3v) is 3.00. The number of benzene rings is 1. The van der Waals surface area contributed by atoms with E-state index in [1.54, 1.807) is 0 Å². The molecule has 0 aliphatic carbocycles. The lowest BCUT2D eigenvalue weighted by Crippen LogP contribution is -2.39. The van der Waals surface area contributed by atoms with Gasteiger partial charge < -0.3 is 9.59 Å². The fourth-order valence-corrected chi connectivity index (χ4v) is 1.98. The summed E-state index contributed by atoms with van der Waals surface area (Å²) >= 11 is 0. The third-order valence-electron chi connectivity index (χ3n) is 3.00. The van der Waals surface area contributed by atoms with Crippen molar-refractivity contribution in [3.63, 3.8) is 0 Å². The van der Waals surface area contributed by atoms with Crippen molar-refractivity contribution in [1.29, 1.82) is 0 Å². The number of quaternary nitrogens is 1. The van der Waals surface area contributed by atoms with Gasteiger partial charge in [0.1, 0.15) is 6.54 Å². The van der Waals surface area contributed by atoms with E-state index in [0.717, 1.165) is 24.0 Å². The summed E-state index contributed by atoms with van der Waals surface area (Å²) in [7, 11) is 4.33. The maximum Gasteiger partial charge on any atom is 0.330 e. The summed E-state index contributed by atoms with van der Waals surface area (Å²) in [6.45, 7) is 5.46. The molecule has 98 valence electrons. The van der Waals surface area contributed by atoms with Crippen molar-refractivity contribution in [3.05, 3.63) is 48.0 Å². The number of nitrogens with zero attached hydrogens (tertiary/aromatic N) is 1. The molecule has 0 aromatic heterocycles. The molecule has 3 nitrogen and oxygen atoms in total. The van der Waals surface area contributed by atoms with Gasteiger partial charge in [-0.05, 0) is 6.42 Å². The van der Waals surface area contributed by atoms with Crippen LogP contribution in [0.15, 0.2) is 42.5 Å². The molecule has 0 saturated heterocycles. The van der Waals surface area contributed by atoms with Crippen molar-refractivity contribution in [2.24, 2.45) is 0 Å². The molecule has 1 aromatic carbocycles. The van der Waals surface area contributed by atoms with Crippen LogP contribution in [0.25, 0.3) is 0 Å². The van der Waals surface area contributed by atoms with Crippen molar-refractivity contribution in [2.75, 3.05) is 20.6 Å². The molecule has 0 radical (unpaired) electrons. The molecule has 1 aromatic rings. The number of carboxylic acid groups (broad SMARTS) is 1. The Morgan fingerprint density at radius 3 is 2.44 bits per heavy atom. The third kappa shape index (κ3) is 5.15. The number of carboxylic acids is 1. The van der Waals surface area contributed by atoms with Gasteiger partial charge in [-0.25, -0.2) is 4.79 Å². The van der Waals surface area contributed by atoms with Gasteiger partial charge in [0, 0.05) is 17.6 Å². The van der Waals surface area contributed by atoms with E-state index < -0.39 is 5.97 Å². The summed E-state index contributed by atoms with van der Waals surface area (Å²) in [5, 5.41) is 8.74. The summed E-state index contributed by atoms with van der Waals surface area (Å²) in [6.07, 6.45) is 1.41. The molecule has 3 heteroatoms. The Bertz CT molecular complexity index is 410. The molecule has 1 rings (SSSR count). The highest BCUT2D eigenvalue weighted by molar-refractivity contribution is 5.85. The van der Waals surface area contributed by atoms with Crippen LogP contribution in [0.1, 0.15) is 18.4 Å².